The van der Waals surface area contributed by atoms with Gasteiger partial charge in [0.25, 0.3) is 5.91 Å². The molecule has 1 N–H and O–H groups in total. The van der Waals surface area contributed by atoms with Crippen LogP contribution in [0.15, 0.2) is 12.3 Å². The fourth-order valence-electron chi connectivity index (χ4n) is 2.65. The summed E-state index contributed by atoms with van der Waals surface area (Å²) in [4.78, 5) is 14.2. The van der Waals surface area contributed by atoms with E-state index in [4.69, 9.17) is 4.74 Å². The highest BCUT2D eigenvalue weighted by Gasteiger charge is 2.38. The summed E-state index contributed by atoms with van der Waals surface area (Å²) in [7, 11) is 1.64. The molecule has 0 radical (unpaired) electrons. The third-order valence-corrected chi connectivity index (χ3v) is 3.69. The number of carbonyl (C=O) groups excluding carboxylic acids is 1. The Hall–Kier alpha value is -1.40. The van der Waals surface area contributed by atoms with Gasteiger partial charge in [0.15, 0.2) is 5.60 Å². The van der Waals surface area contributed by atoms with Crippen molar-refractivity contribution < 1.29 is 9.53 Å². The normalized spacial score (nSPS) is 24.1. The van der Waals surface area contributed by atoms with Gasteiger partial charge in [0, 0.05) is 38.9 Å². The molecule has 112 valence electrons. The second-order valence-corrected chi connectivity index (χ2v) is 5.73. The third-order valence-electron chi connectivity index (χ3n) is 3.69. The summed E-state index contributed by atoms with van der Waals surface area (Å²) in [6.45, 7) is 8.85. The van der Waals surface area contributed by atoms with E-state index in [9.17, 15) is 4.79 Å². The average Bonchev–Trinajstić information content (AvgIpc) is 2.86. The van der Waals surface area contributed by atoms with Crippen molar-refractivity contribution in [2.24, 2.45) is 0 Å². The first-order valence-corrected chi connectivity index (χ1v) is 7.07. The summed E-state index contributed by atoms with van der Waals surface area (Å²) in [6, 6.07) is 2.37. The van der Waals surface area contributed by atoms with Crippen LogP contribution in [-0.2, 0) is 16.1 Å². The standard InChI is InChI=1S/C14H24N4O2/c1-11(2)18-12(5-6-16-18)9-17-7-8-20-14(3,10-17)13(19)15-4/h5-6,11H,7-10H2,1-4H3,(H,15,19)/t14-/m1/s1. The number of nitrogens with one attached hydrogen (secondary N) is 1. The topological polar surface area (TPSA) is 59.4 Å². The number of aromatic nitrogens is 2. The Bertz CT molecular complexity index is 471. The number of hydrogen-bond donors (Lipinski definition) is 1. The van der Waals surface area contributed by atoms with Crippen molar-refractivity contribution in [3.05, 3.63) is 18.0 Å². The van der Waals surface area contributed by atoms with E-state index >= 15 is 0 Å². The molecular weight excluding hydrogens is 256 g/mol. The fourth-order valence-corrected chi connectivity index (χ4v) is 2.65. The highest BCUT2D eigenvalue weighted by Crippen LogP contribution is 2.20. The quantitative estimate of drug-likeness (QED) is 0.886. The molecule has 1 aromatic heterocycles. The number of carbonyl (C=O) groups is 1. The molecule has 1 atom stereocenters. The van der Waals surface area contributed by atoms with Gasteiger partial charge in [0.05, 0.1) is 12.3 Å². The number of morpholine rings is 1. The molecule has 20 heavy (non-hydrogen) atoms. The molecule has 6 nitrogen and oxygen atoms in total. The highest BCUT2D eigenvalue weighted by atomic mass is 16.5. The number of nitrogens with zero attached hydrogens (tertiary/aromatic N) is 3. The van der Waals surface area contributed by atoms with Crippen molar-refractivity contribution in [3.63, 3.8) is 0 Å². The summed E-state index contributed by atoms with van der Waals surface area (Å²) in [5.74, 6) is -0.0698. The maximum absolute atomic E-state index is 11.9. The van der Waals surface area contributed by atoms with Crippen LogP contribution in [-0.4, -0.2) is 52.9 Å². The van der Waals surface area contributed by atoms with Gasteiger partial charge in [-0.15, -0.1) is 0 Å². The Morgan fingerprint density at radius 2 is 2.35 bits per heavy atom. The molecule has 0 unspecified atom stereocenters. The van der Waals surface area contributed by atoms with E-state index in [1.807, 2.05) is 23.9 Å². The number of likely N-dealkylation sites (N-methyl/N-ethyl adjacent to an activating group) is 1. The van der Waals surface area contributed by atoms with E-state index in [2.05, 4.69) is 29.2 Å². The molecular formula is C14H24N4O2. The van der Waals surface area contributed by atoms with Gasteiger partial charge in [-0.3, -0.25) is 14.4 Å². The van der Waals surface area contributed by atoms with Crippen molar-refractivity contribution in [3.8, 4) is 0 Å². The van der Waals surface area contributed by atoms with Crippen molar-refractivity contribution in [1.82, 2.24) is 20.0 Å². The molecule has 6 heteroatoms. The molecule has 2 heterocycles. The minimum Gasteiger partial charge on any atom is -0.363 e. The summed E-state index contributed by atoms with van der Waals surface area (Å²) in [6.07, 6.45) is 1.83. The van der Waals surface area contributed by atoms with E-state index in [-0.39, 0.29) is 5.91 Å². The van der Waals surface area contributed by atoms with Crippen molar-refractivity contribution in [2.75, 3.05) is 26.7 Å². The zero-order chi connectivity index (χ0) is 14.8. The zero-order valence-corrected chi connectivity index (χ0v) is 12.7. The van der Waals surface area contributed by atoms with Crippen LogP contribution < -0.4 is 5.32 Å². The zero-order valence-electron chi connectivity index (χ0n) is 12.7. The van der Waals surface area contributed by atoms with Crippen LogP contribution in [0.5, 0.6) is 0 Å². The second-order valence-electron chi connectivity index (χ2n) is 5.73. The smallest absolute Gasteiger partial charge is 0.253 e. The molecule has 1 aromatic rings. The number of amides is 1. The Morgan fingerprint density at radius 1 is 1.60 bits per heavy atom. The van der Waals surface area contributed by atoms with E-state index in [0.717, 1.165) is 13.1 Å². The third kappa shape index (κ3) is 3.02. The molecule has 1 aliphatic rings. The number of rotatable bonds is 4. The van der Waals surface area contributed by atoms with Gasteiger partial charge < -0.3 is 10.1 Å². The first-order valence-electron chi connectivity index (χ1n) is 7.07. The second kappa shape index (κ2) is 5.93. The lowest BCUT2D eigenvalue weighted by atomic mass is 10.0. The molecule has 1 aliphatic heterocycles. The van der Waals surface area contributed by atoms with Crippen molar-refractivity contribution >= 4 is 5.91 Å². The Balaban J connectivity index is 2.06. The molecule has 0 aliphatic carbocycles. The van der Waals surface area contributed by atoms with Crippen LogP contribution in [0.25, 0.3) is 0 Å². The van der Waals surface area contributed by atoms with Gasteiger partial charge in [-0.05, 0) is 26.8 Å². The minimum absolute atomic E-state index is 0.0698. The van der Waals surface area contributed by atoms with E-state index in [0.29, 0.717) is 19.2 Å². The number of hydrogen-bond acceptors (Lipinski definition) is 4. The molecule has 2 rings (SSSR count). The first-order chi connectivity index (χ1) is 9.46. The molecule has 1 saturated heterocycles. The number of ether oxygens (including phenoxy) is 1. The van der Waals surface area contributed by atoms with Crippen LogP contribution in [0, 0.1) is 0 Å². The van der Waals surface area contributed by atoms with Gasteiger partial charge in [-0.25, -0.2) is 0 Å². The van der Waals surface area contributed by atoms with E-state index < -0.39 is 5.60 Å². The predicted molar refractivity (Wildman–Crippen MR) is 76.3 cm³/mol. The van der Waals surface area contributed by atoms with Crippen molar-refractivity contribution in [2.45, 2.75) is 39.0 Å². The van der Waals surface area contributed by atoms with Crippen LogP contribution in [0.4, 0.5) is 0 Å². The summed E-state index contributed by atoms with van der Waals surface area (Å²) < 4.78 is 7.69. The SMILES string of the molecule is CNC(=O)[C@@]1(C)CN(Cc2ccnn2C(C)C)CCO1. The lowest BCUT2D eigenvalue weighted by molar-refractivity contribution is -0.156. The average molecular weight is 280 g/mol. The Kier molecular flexibility index (Phi) is 4.45. The van der Waals surface area contributed by atoms with Gasteiger partial charge in [-0.1, -0.05) is 0 Å². The monoisotopic (exact) mass is 280 g/mol. The molecule has 0 bridgehead atoms. The Labute approximate surface area is 120 Å². The van der Waals surface area contributed by atoms with Crippen LogP contribution >= 0.6 is 0 Å². The minimum atomic E-state index is -0.768. The summed E-state index contributed by atoms with van der Waals surface area (Å²) in [5, 5.41) is 7.02. The molecule has 1 amide bonds. The Morgan fingerprint density at radius 3 is 3.00 bits per heavy atom. The van der Waals surface area contributed by atoms with Gasteiger partial charge in [0.2, 0.25) is 0 Å². The van der Waals surface area contributed by atoms with Crippen LogP contribution in [0.3, 0.4) is 0 Å². The largest absolute Gasteiger partial charge is 0.363 e. The van der Waals surface area contributed by atoms with Gasteiger partial charge in [0.1, 0.15) is 0 Å². The molecule has 1 fully saturated rings. The maximum Gasteiger partial charge on any atom is 0.253 e. The molecule has 0 spiro atoms. The van der Waals surface area contributed by atoms with E-state index in [1.165, 1.54) is 5.69 Å². The lowest BCUT2D eigenvalue weighted by Crippen LogP contribution is -2.57. The lowest BCUT2D eigenvalue weighted by Gasteiger charge is -2.39. The highest BCUT2D eigenvalue weighted by molar-refractivity contribution is 5.84. The first kappa shape index (κ1) is 15.0. The molecule has 0 aromatic carbocycles. The predicted octanol–water partition coefficient (Wildman–Crippen LogP) is 0.801. The van der Waals surface area contributed by atoms with Crippen LogP contribution in [0.2, 0.25) is 0 Å². The summed E-state index contributed by atoms with van der Waals surface area (Å²) >= 11 is 0. The van der Waals surface area contributed by atoms with Crippen LogP contribution in [0.1, 0.15) is 32.5 Å². The van der Waals surface area contributed by atoms with E-state index in [1.54, 1.807) is 7.05 Å². The van der Waals surface area contributed by atoms with Gasteiger partial charge >= 0.3 is 0 Å². The summed E-state index contributed by atoms with van der Waals surface area (Å²) in [5.41, 5.74) is 0.400. The maximum atomic E-state index is 11.9. The van der Waals surface area contributed by atoms with Crippen molar-refractivity contribution in [1.29, 1.82) is 0 Å². The molecule has 0 saturated carbocycles. The van der Waals surface area contributed by atoms with Gasteiger partial charge in [-0.2, -0.15) is 5.10 Å². The fraction of sp³-hybridized carbons (Fsp3) is 0.714.